The van der Waals surface area contributed by atoms with Gasteiger partial charge in [0.05, 0.1) is 24.4 Å². The van der Waals surface area contributed by atoms with E-state index in [1.807, 2.05) is 24.3 Å². The van der Waals surface area contributed by atoms with E-state index in [0.29, 0.717) is 11.6 Å². The fourth-order valence-electron chi connectivity index (χ4n) is 2.55. The minimum absolute atomic E-state index is 0.0193. The van der Waals surface area contributed by atoms with Crippen molar-refractivity contribution in [2.75, 3.05) is 24.4 Å². The number of nitrogens with one attached hydrogen (secondary N) is 1. The summed E-state index contributed by atoms with van der Waals surface area (Å²) in [5.74, 6) is 0.835. The van der Waals surface area contributed by atoms with Crippen molar-refractivity contribution in [2.45, 2.75) is 17.6 Å². The lowest BCUT2D eigenvalue weighted by molar-refractivity contribution is -0.119. The number of hydrogen-bond acceptors (Lipinski definition) is 7. The van der Waals surface area contributed by atoms with Gasteiger partial charge in [-0.05, 0) is 30.7 Å². The van der Waals surface area contributed by atoms with Gasteiger partial charge >= 0.3 is 0 Å². The van der Waals surface area contributed by atoms with E-state index < -0.39 is 9.84 Å². The van der Waals surface area contributed by atoms with Crippen molar-refractivity contribution in [3.63, 3.8) is 0 Å². The Kier molecular flexibility index (Phi) is 5.28. The number of rotatable bonds is 6. The largest absolute Gasteiger partial charge is 0.497 e. The maximum absolute atomic E-state index is 12.0. The highest BCUT2D eigenvalue weighted by Gasteiger charge is 2.28. The second-order valence-electron chi connectivity index (χ2n) is 5.64. The molecule has 1 aromatic carbocycles. The van der Waals surface area contributed by atoms with Gasteiger partial charge in [-0.2, -0.15) is 0 Å². The van der Waals surface area contributed by atoms with Gasteiger partial charge in [-0.15, -0.1) is 10.2 Å². The third kappa shape index (κ3) is 4.51. The zero-order chi connectivity index (χ0) is 17.9. The molecular formula is C15H18N4O4S2. The Morgan fingerprint density at radius 3 is 2.80 bits per heavy atom. The fourth-order valence-corrected chi connectivity index (χ4v) is 4.96. The Morgan fingerprint density at radius 1 is 1.40 bits per heavy atom. The van der Waals surface area contributed by atoms with Crippen LogP contribution in [0.5, 0.6) is 5.75 Å². The maximum atomic E-state index is 12.0. The molecule has 134 valence electrons. The molecule has 1 aliphatic rings. The van der Waals surface area contributed by atoms with Gasteiger partial charge in [0, 0.05) is 11.7 Å². The average Bonchev–Trinajstić information content (AvgIpc) is 3.19. The summed E-state index contributed by atoms with van der Waals surface area (Å²) in [6, 6.07) is 7.11. The van der Waals surface area contributed by atoms with Crippen LogP contribution in [-0.4, -0.2) is 59.5 Å². The summed E-state index contributed by atoms with van der Waals surface area (Å²) in [7, 11) is -1.41. The van der Waals surface area contributed by atoms with E-state index in [9.17, 15) is 13.2 Å². The summed E-state index contributed by atoms with van der Waals surface area (Å²) >= 11 is 1.25. The molecule has 0 aliphatic carbocycles. The van der Waals surface area contributed by atoms with Gasteiger partial charge in [0.25, 0.3) is 0 Å². The number of aromatic nitrogens is 3. The first-order valence-electron chi connectivity index (χ1n) is 7.64. The van der Waals surface area contributed by atoms with Crippen molar-refractivity contribution in [1.82, 2.24) is 20.1 Å². The minimum Gasteiger partial charge on any atom is -0.497 e. The van der Waals surface area contributed by atoms with Crippen LogP contribution >= 0.6 is 11.8 Å². The number of thioether (sulfide) groups is 1. The van der Waals surface area contributed by atoms with E-state index in [4.69, 9.17) is 4.74 Å². The van der Waals surface area contributed by atoms with Crippen LogP contribution in [-0.2, 0) is 14.6 Å². The SMILES string of the molecule is COc1ccc(-n2cnnc2SCC(=O)N[C@@H]2CCS(=O)(=O)C2)cc1. The van der Waals surface area contributed by atoms with Crippen molar-refractivity contribution in [2.24, 2.45) is 0 Å². The summed E-state index contributed by atoms with van der Waals surface area (Å²) in [4.78, 5) is 12.0. The molecule has 0 radical (unpaired) electrons. The molecule has 1 saturated heterocycles. The summed E-state index contributed by atoms with van der Waals surface area (Å²) in [5.41, 5.74) is 0.857. The van der Waals surface area contributed by atoms with E-state index in [0.717, 1.165) is 11.4 Å². The van der Waals surface area contributed by atoms with Crippen LogP contribution in [0.3, 0.4) is 0 Å². The first-order chi connectivity index (χ1) is 12.0. The minimum atomic E-state index is -3.01. The zero-order valence-electron chi connectivity index (χ0n) is 13.6. The Labute approximate surface area is 149 Å². The summed E-state index contributed by atoms with van der Waals surface area (Å²) < 4.78 is 29.8. The second kappa shape index (κ2) is 7.44. The molecule has 2 heterocycles. The second-order valence-corrected chi connectivity index (χ2v) is 8.81. The molecule has 0 saturated carbocycles. The molecule has 1 aliphatic heterocycles. The number of methoxy groups -OCH3 is 1. The number of benzene rings is 1. The number of carbonyl (C=O) groups excluding carboxylic acids is 1. The van der Waals surface area contributed by atoms with Gasteiger partial charge < -0.3 is 10.1 Å². The van der Waals surface area contributed by atoms with Crippen molar-refractivity contribution in [1.29, 1.82) is 0 Å². The van der Waals surface area contributed by atoms with Gasteiger partial charge in [0.1, 0.15) is 12.1 Å². The molecule has 10 heteroatoms. The van der Waals surface area contributed by atoms with E-state index in [2.05, 4.69) is 15.5 Å². The predicted molar refractivity (Wildman–Crippen MR) is 93.8 cm³/mol. The van der Waals surface area contributed by atoms with Gasteiger partial charge in [-0.25, -0.2) is 8.42 Å². The molecule has 8 nitrogen and oxygen atoms in total. The van der Waals surface area contributed by atoms with Crippen LogP contribution in [0, 0.1) is 0 Å². The van der Waals surface area contributed by atoms with E-state index in [1.54, 1.807) is 18.0 Å². The van der Waals surface area contributed by atoms with Crippen molar-refractivity contribution in [3.05, 3.63) is 30.6 Å². The Morgan fingerprint density at radius 2 is 2.16 bits per heavy atom. The highest BCUT2D eigenvalue weighted by molar-refractivity contribution is 7.99. The topological polar surface area (TPSA) is 103 Å². The van der Waals surface area contributed by atoms with E-state index >= 15 is 0 Å². The summed E-state index contributed by atoms with van der Waals surface area (Å²) in [6.45, 7) is 0. The normalized spacial score (nSPS) is 18.8. The zero-order valence-corrected chi connectivity index (χ0v) is 15.2. The molecule has 1 atom stereocenters. The Balaban J connectivity index is 1.58. The van der Waals surface area contributed by atoms with Crippen molar-refractivity contribution >= 4 is 27.5 Å². The lowest BCUT2D eigenvalue weighted by Crippen LogP contribution is -2.36. The lowest BCUT2D eigenvalue weighted by Gasteiger charge is -2.11. The van der Waals surface area contributed by atoms with Crippen LogP contribution in [0.4, 0.5) is 0 Å². The van der Waals surface area contributed by atoms with Crippen LogP contribution in [0.2, 0.25) is 0 Å². The third-order valence-electron chi connectivity index (χ3n) is 3.80. The monoisotopic (exact) mass is 382 g/mol. The van der Waals surface area contributed by atoms with Crippen LogP contribution < -0.4 is 10.1 Å². The molecule has 0 bridgehead atoms. The van der Waals surface area contributed by atoms with E-state index in [-0.39, 0.29) is 29.2 Å². The summed E-state index contributed by atoms with van der Waals surface area (Å²) in [6.07, 6.45) is 2.05. The quantitative estimate of drug-likeness (QED) is 0.733. The molecule has 1 amide bonds. The standard InChI is InChI=1S/C15H18N4O4S2/c1-23-13-4-2-12(3-5-13)19-10-16-18-15(19)24-8-14(20)17-11-6-7-25(21,22)9-11/h2-5,10-11H,6-9H2,1H3,(H,17,20)/t11-/m1/s1. The average molecular weight is 382 g/mol. The first kappa shape index (κ1) is 17.7. The Hall–Kier alpha value is -2.07. The van der Waals surface area contributed by atoms with Gasteiger partial charge in [-0.1, -0.05) is 11.8 Å². The molecule has 0 spiro atoms. The highest BCUT2D eigenvalue weighted by Crippen LogP contribution is 2.21. The number of sulfone groups is 1. The molecule has 1 fully saturated rings. The van der Waals surface area contributed by atoms with Crippen LogP contribution in [0.25, 0.3) is 5.69 Å². The first-order valence-corrected chi connectivity index (χ1v) is 10.4. The molecule has 2 aromatic rings. The molecule has 1 N–H and O–H groups in total. The van der Waals surface area contributed by atoms with Gasteiger partial charge in [0.2, 0.25) is 5.91 Å². The van der Waals surface area contributed by atoms with Gasteiger partial charge in [-0.3, -0.25) is 9.36 Å². The van der Waals surface area contributed by atoms with E-state index in [1.165, 1.54) is 11.8 Å². The number of nitrogens with zero attached hydrogens (tertiary/aromatic N) is 3. The third-order valence-corrected chi connectivity index (χ3v) is 6.51. The maximum Gasteiger partial charge on any atom is 0.230 e. The van der Waals surface area contributed by atoms with Gasteiger partial charge in [0.15, 0.2) is 15.0 Å². The molecule has 1 aromatic heterocycles. The number of hydrogen-bond donors (Lipinski definition) is 1. The van der Waals surface area contributed by atoms with Crippen LogP contribution in [0.15, 0.2) is 35.7 Å². The van der Waals surface area contributed by atoms with Crippen molar-refractivity contribution < 1.29 is 17.9 Å². The lowest BCUT2D eigenvalue weighted by atomic mass is 10.3. The smallest absolute Gasteiger partial charge is 0.230 e. The Bertz CT molecular complexity index is 849. The van der Waals surface area contributed by atoms with Crippen LogP contribution in [0.1, 0.15) is 6.42 Å². The predicted octanol–water partition coefficient (Wildman–Crippen LogP) is 0.671. The number of carbonyl (C=O) groups is 1. The molecule has 25 heavy (non-hydrogen) atoms. The highest BCUT2D eigenvalue weighted by atomic mass is 32.2. The van der Waals surface area contributed by atoms with Crippen molar-refractivity contribution in [3.8, 4) is 11.4 Å². The molecule has 3 rings (SSSR count). The molecule has 0 unspecified atom stereocenters. The summed E-state index contributed by atoms with van der Waals surface area (Å²) in [5, 5.41) is 11.3. The number of amides is 1. The number of ether oxygens (including phenoxy) is 1. The molecular weight excluding hydrogens is 364 g/mol. The fraction of sp³-hybridized carbons (Fsp3) is 0.400.